The summed E-state index contributed by atoms with van der Waals surface area (Å²) in [4.78, 5) is 1.05. The third-order valence-electron chi connectivity index (χ3n) is 3.58. The zero-order valence-corrected chi connectivity index (χ0v) is 14.1. The van der Waals surface area contributed by atoms with E-state index in [4.69, 9.17) is 5.73 Å². The first-order valence-corrected chi connectivity index (χ1v) is 8.43. The topological polar surface area (TPSA) is 67.5 Å². The van der Waals surface area contributed by atoms with Crippen molar-refractivity contribution in [2.75, 3.05) is 11.1 Å². The fourth-order valence-electron chi connectivity index (χ4n) is 2.36. The number of aliphatic hydroxyl groups is 1. The Bertz CT molecular complexity index is 865. The Morgan fingerprint density at radius 1 is 1.08 bits per heavy atom. The van der Waals surface area contributed by atoms with Crippen molar-refractivity contribution in [2.45, 2.75) is 12.6 Å². The van der Waals surface area contributed by atoms with E-state index in [1.807, 2.05) is 29.6 Å². The SMILES string of the molecule is Nc1ccc(-c2cccs2)cc1NC(O)c1ccc(OC(F)(F)F)cc1. The molecule has 8 heteroatoms. The first-order chi connectivity index (χ1) is 12.3. The standard InChI is InChI=1S/C18H15F3N2O2S/c19-18(20,21)25-13-6-3-11(4-7-13)17(24)23-15-10-12(5-8-14(15)22)16-2-1-9-26-16/h1-10,17,23-24H,22H2. The van der Waals surface area contributed by atoms with E-state index in [-0.39, 0.29) is 5.75 Å². The smallest absolute Gasteiger partial charge is 0.406 e. The van der Waals surface area contributed by atoms with Gasteiger partial charge in [0.2, 0.25) is 0 Å². The number of aliphatic hydroxyl groups excluding tert-OH is 1. The van der Waals surface area contributed by atoms with E-state index in [0.717, 1.165) is 22.6 Å². The molecule has 0 spiro atoms. The van der Waals surface area contributed by atoms with Crippen molar-refractivity contribution in [1.29, 1.82) is 0 Å². The molecule has 136 valence electrons. The van der Waals surface area contributed by atoms with E-state index < -0.39 is 12.6 Å². The summed E-state index contributed by atoms with van der Waals surface area (Å²) in [5.74, 6) is -0.354. The molecule has 3 rings (SSSR count). The lowest BCUT2D eigenvalue weighted by Gasteiger charge is -2.17. The number of nitrogens with one attached hydrogen (secondary N) is 1. The van der Waals surface area contributed by atoms with Crippen LogP contribution in [-0.2, 0) is 0 Å². The molecular weight excluding hydrogens is 365 g/mol. The van der Waals surface area contributed by atoms with Crippen molar-refractivity contribution in [3.63, 3.8) is 0 Å². The molecule has 4 nitrogen and oxygen atoms in total. The minimum atomic E-state index is -4.75. The lowest BCUT2D eigenvalue weighted by molar-refractivity contribution is -0.274. The molecule has 1 heterocycles. The molecule has 26 heavy (non-hydrogen) atoms. The molecule has 0 bridgehead atoms. The van der Waals surface area contributed by atoms with Gasteiger partial charge in [0.15, 0.2) is 6.23 Å². The number of anilines is 2. The van der Waals surface area contributed by atoms with Crippen molar-refractivity contribution in [3.05, 3.63) is 65.5 Å². The zero-order chi connectivity index (χ0) is 18.7. The Hall–Kier alpha value is -2.71. The molecule has 1 aromatic heterocycles. The Morgan fingerprint density at radius 2 is 1.81 bits per heavy atom. The number of benzene rings is 2. The van der Waals surface area contributed by atoms with Gasteiger partial charge in [-0.2, -0.15) is 0 Å². The van der Waals surface area contributed by atoms with Crippen LogP contribution in [0.2, 0.25) is 0 Å². The van der Waals surface area contributed by atoms with E-state index >= 15 is 0 Å². The molecule has 0 fully saturated rings. The predicted octanol–water partition coefficient (Wildman–Crippen LogP) is 5.00. The quantitative estimate of drug-likeness (QED) is 0.430. The summed E-state index contributed by atoms with van der Waals surface area (Å²) < 4.78 is 40.4. The second-order valence-corrected chi connectivity index (χ2v) is 6.39. The van der Waals surface area contributed by atoms with Gasteiger partial charge in [-0.25, -0.2) is 0 Å². The molecule has 0 aliphatic carbocycles. The highest BCUT2D eigenvalue weighted by Crippen LogP contribution is 2.32. The van der Waals surface area contributed by atoms with Gasteiger partial charge in [-0.3, -0.25) is 0 Å². The van der Waals surface area contributed by atoms with Crippen LogP contribution in [0.3, 0.4) is 0 Å². The highest BCUT2D eigenvalue weighted by atomic mass is 32.1. The highest BCUT2D eigenvalue weighted by Gasteiger charge is 2.31. The molecule has 0 aliphatic heterocycles. The summed E-state index contributed by atoms with van der Waals surface area (Å²) in [6.45, 7) is 0. The predicted molar refractivity (Wildman–Crippen MR) is 95.9 cm³/mol. The van der Waals surface area contributed by atoms with Gasteiger partial charge in [0, 0.05) is 10.4 Å². The van der Waals surface area contributed by atoms with Gasteiger partial charge in [0.25, 0.3) is 0 Å². The average Bonchev–Trinajstić information content (AvgIpc) is 3.10. The van der Waals surface area contributed by atoms with Crippen molar-refractivity contribution in [2.24, 2.45) is 0 Å². The lowest BCUT2D eigenvalue weighted by Crippen LogP contribution is -2.17. The molecule has 0 saturated carbocycles. The number of nitrogen functional groups attached to an aromatic ring is 1. The summed E-state index contributed by atoms with van der Waals surface area (Å²) in [5, 5.41) is 15.1. The Balaban J connectivity index is 1.75. The Labute approximate surface area is 151 Å². The van der Waals surface area contributed by atoms with Gasteiger partial charge < -0.3 is 20.9 Å². The van der Waals surface area contributed by atoms with Gasteiger partial charge in [-0.1, -0.05) is 24.3 Å². The molecule has 2 aromatic carbocycles. The van der Waals surface area contributed by atoms with Crippen molar-refractivity contribution in [1.82, 2.24) is 0 Å². The third-order valence-corrected chi connectivity index (χ3v) is 4.50. The number of hydrogen-bond acceptors (Lipinski definition) is 5. The van der Waals surface area contributed by atoms with Gasteiger partial charge in [0.1, 0.15) is 5.75 Å². The average molecular weight is 380 g/mol. The minimum absolute atomic E-state index is 0.354. The number of hydrogen-bond donors (Lipinski definition) is 3. The van der Waals surface area contributed by atoms with E-state index in [1.54, 1.807) is 17.4 Å². The summed E-state index contributed by atoms with van der Waals surface area (Å²) >= 11 is 1.57. The maximum atomic E-state index is 12.2. The molecule has 0 radical (unpaired) electrons. The molecule has 4 N–H and O–H groups in total. The number of alkyl halides is 3. The number of rotatable bonds is 5. The number of nitrogens with two attached hydrogens (primary N) is 1. The Kier molecular flexibility index (Phi) is 5.06. The molecule has 0 aliphatic rings. The van der Waals surface area contributed by atoms with Crippen molar-refractivity contribution >= 4 is 22.7 Å². The number of thiophene rings is 1. The minimum Gasteiger partial charge on any atom is -0.406 e. The molecule has 1 atom stereocenters. The molecule has 0 amide bonds. The summed E-state index contributed by atoms with van der Waals surface area (Å²) in [6, 6.07) is 14.3. The highest BCUT2D eigenvalue weighted by molar-refractivity contribution is 7.13. The summed E-state index contributed by atoms with van der Waals surface area (Å²) in [5.41, 5.74) is 8.24. The largest absolute Gasteiger partial charge is 0.573 e. The number of halogens is 3. The maximum Gasteiger partial charge on any atom is 0.573 e. The molecular formula is C18H15F3N2O2S. The zero-order valence-electron chi connectivity index (χ0n) is 13.3. The molecule has 1 unspecified atom stereocenters. The van der Waals surface area contributed by atoms with Crippen LogP contribution in [0.1, 0.15) is 11.8 Å². The maximum absolute atomic E-state index is 12.2. The van der Waals surface area contributed by atoms with E-state index in [9.17, 15) is 18.3 Å². The van der Waals surface area contributed by atoms with Gasteiger partial charge in [0.05, 0.1) is 11.4 Å². The van der Waals surface area contributed by atoms with Gasteiger partial charge in [-0.05, 0) is 41.3 Å². The fourth-order valence-corrected chi connectivity index (χ4v) is 3.08. The Morgan fingerprint density at radius 3 is 2.42 bits per heavy atom. The second kappa shape index (κ2) is 7.27. The molecule has 0 saturated heterocycles. The van der Waals surface area contributed by atoms with Crippen molar-refractivity contribution in [3.8, 4) is 16.2 Å². The van der Waals surface area contributed by atoms with Gasteiger partial charge in [-0.15, -0.1) is 24.5 Å². The van der Waals surface area contributed by atoms with E-state index in [1.165, 1.54) is 12.1 Å². The van der Waals surface area contributed by atoms with Crippen LogP contribution < -0.4 is 15.8 Å². The van der Waals surface area contributed by atoms with E-state index in [0.29, 0.717) is 16.9 Å². The third kappa shape index (κ3) is 4.47. The normalized spacial score (nSPS) is 12.6. The van der Waals surface area contributed by atoms with Crippen LogP contribution in [0.25, 0.3) is 10.4 Å². The van der Waals surface area contributed by atoms with Crippen LogP contribution in [-0.4, -0.2) is 11.5 Å². The van der Waals surface area contributed by atoms with Gasteiger partial charge >= 0.3 is 6.36 Å². The van der Waals surface area contributed by atoms with Crippen LogP contribution in [0.4, 0.5) is 24.5 Å². The summed E-state index contributed by atoms with van der Waals surface area (Å²) in [6.07, 6.45) is -5.90. The monoisotopic (exact) mass is 380 g/mol. The molecule has 3 aromatic rings. The van der Waals surface area contributed by atoms with Crippen molar-refractivity contribution < 1.29 is 23.0 Å². The summed E-state index contributed by atoms with van der Waals surface area (Å²) in [7, 11) is 0. The van der Waals surface area contributed by atoms with Crippen LogP contribution in [0.5, 0.6) is 5.75 Å². The number of ether oxygens (including phenoxy) is 1. The first kappa shape index (κ1) is 18.1. The second-order valence-electron chi connectivity index (χ2n) is 5.44. The lowest BCUT2D eigenvalue weighted by atomic mass is 10.1. The first-order valence-electron chi connectivity index (χ1n) is 7.55. The fraction of sp³-hybridized carbons (Fsp3) is 0.111. The van der Waals surface area contributed by atoms with E-state index in [2.05, 4.69) is 10.1 Å². The van der Waals surface area contributed by atoms with Crippen LogP contribution in [0, 0.1) is 0 Å². The van der Waals surface area contributed by atoms with Crippen LogP contribution in [0.15, 0.2) is 60.0 Å². The van der Waals surface area contributed by atoms with Crippen LogP contribution >= 0.6 is 11.3 Å².